The predicted octanol–water partition coefficient (Wildman–Crippen LogP) is 8.93. The third-order valence-corrected chi connectivity index (χ3v) is 12.0. The number of likely N-dealkylation sites (N-methyl/N-ethyl adjacent to an activating group) is 2. The summed E-state index contributed by atoms with van der Waals surface area (Å²) in [6.07, 6.45) is 0. The summed E-state index contributed by atoms with van der Waals surface area (Å²) in [5.74, 6) is 0.841. The number of hydrogen-bond donors (Lipinski definition) is 3. The minimum Gasteiger partial charge on any atom is -0.507 e. The molecule has 0 fully saturated rings. The van der Waals surface area contributed by atoms with Crippen LogP contribution in [-0.4, -0.2) is 65.1 Å². The van der Waals surface area contributed by atoms with Gasteiger partial charge in [0.25, 0.3) is 0 Å². The van der Waals surface area contributed by atoms with Gasteiger partial charge in [0.05, 0.1) is 0 Å². The largest absolute Gasteiger partial charge is 0.507 e. The molecule has 3 N–H and O–H groups in total. The molecule has 0 unspecified atom stereocenters. The quantitative estimate of drug-likeness (QED) is 0.224. The first-order valence-electron chi connectivity index (χ1n) is 16.6. The van der Waals surface area contributed by atoms with Gasteiger partial charge in [-0.25, -0.2) is 0 Å². The van der Waals surface area contributed by atoms with Crippen molar-refractivity contribution in [1.82, 2.24) is 14.4 Å². The van der Waals surface area contributed by atoms with Gasteiger partial charge in [-0.1, -0.05) is 134 Å². The van der Waals surface area contributed by atoms with Crippen molar-refractivity contribution in [3.63, 3.8) is 0 Å². The SMILES string of the molecule is CN(CCN(C)Cc1cc(C(C)(C)C)cc(C(C)(C)C)c1O)Cc1cc(C(C)(C)C)cc(C(C)(C)C)c1O.C[Si](C)N[Si](C)C.[Y]. The number of phenols is 2. The summed E-state index contributed by atoms with van der Waals surface area (Å²) in [5.41, 5.74) is 6.25. The van der Waals surface area contributed by atoms with Gasteiger partial charge in [-0.2, -0.15) is 0 Å². The summed E-state index contributed by atoms with van der Waals surface area (Å²) in [5, 5.41) is 22.4. The van der Waals surface area contributed by atoms with Gasteiger partial charge in [0.2, 0.25) is 0 Å². The van der Waals surface area contributed by atoms with E-state index in [2.05, 4.69) is 162 Å². The van der Waals surface area contributed by atoms with Crippen LogP contribution < -0.4 is 4.65 Å². The molecule has 5 nitrogen and oxygen atoms in total. The van der Waals surface area contributed by atoms with Gasteiger partial charge in [-0.05, 0) is 58.0 Å². The molecule has 259 valence electrons. The second kappa shape index (κ2) is 17.9. The first kappa shape index (κ1) is 45.5. The summed E-state index contributed by atoms with van der Waals surface area (Å²) in [7, 11) is 3.95. The molecular formula is C38H69N3O2Si2Y. The van der Waals surface area contributed by atoms with Gasteiger partial charge in [0.1, 0.15) is 29.4 Å². The molecule has 0 aromatic heterocycles. The Balaban J connectivity index is 0.00000226. The van der Waals surface area contributed by atoms with Gasteiger partial charge in [-0.3, -0.25) is 0 Å². The van der Waals surface area contributed by atoms with Crippen LogP contribution in [0, 0.1) is 0 Å². The fraction of sp³-hybridized carbons (Fsp3) is 0.684. The van der Waals surface area contributed by atoms with Crippen LogP contribution in [0.1, 0.15) is 116 Å². The van der Waals surface area contributed by atoms with Gasteiger partial charge in [0.15, 0.2) is 0 Å². The second-order valence-electron chi connectivity index (χ2n) is 17.7. The first-order chi connectivity index (χ1) is 20.1. The average Bonchev–Trinajstić information content (AvgIpc) is 2.82. The number of phenolic OH excluding ortho intramolecular Hbond substituents is 2. The molecule has 0 bridgehead atoms. The topological polar surface area (TPSA) is 59.0 Å². The monoisotopic (exact) mass is 744 g/mol. The average molecular weight is 745 g/mol. The van der Waals surface area contributed by atoms with E-state index in [1.165, 1.54) is 11.1 Å². The number of rotatable bonds is 9. The molecular weight excluding hydrogens is 676 g/mol. The van der Waals surface area contributed by atoms with E-state index in [1.54, 1.807) is 0 Å². The van der Waals surface area contributed by atoms with Crippen molar-refractivity contribution in [1.29, 1.82) is 0 Å². The van der Waals surface area contributed by atoms with Crippen molar-refractivity contribution in [2.75, 3.05) is 27.2 Å². The molecule has 3 radical (unpaired) electrons. The molecule has 0 aliphatic heterocycles. The van der Waals surface area contributed by atoms with Crippen molar-refractivity contribution < 1.29 is 42.9 Å². The smallest absolute Gasteiger partial charge is 0.123 e. The molecule has 0 aliphatic rings. The van der Waals surface area contributed by atoms with Gasteiger partial charge >= 0.3 is 0 Å². The van der Waals surface area contributed by atoms with E-state index >= 15 is 0 Å². The van der Waals surface area contributed by atoms with Crippen LogP contribution in [0.25, 0.3) is 0 Å². The Morgan fingerprint density at radius 2 is 0.826 bits per heavy atom. The Kier molecular flexibility index (Phi) is 17.7. The zero-order chi connectivity index (χ0) is 35.3. The maximum atomic E-state index is 11.2. The molecule has 0 aliphatic carbocycles. The van der Waals surface area contributed by atoms with Crippen molar-refractivity contribution in [2.45, 2.75) is 144 Å². The normalized spacial score (nSPS) is 12.9. The molecule has 0 saturated heterocycles. The molecule has 2 aromatic carbocycles. The van der Waals surface area contributed by atoms with Crippen LogP contribution in [0.4, 0.5) is 0 Å². The third-order valence-electron chi connectivity index (χ3n) is 7.97. The van der Waals surface area contributed by atoms with E-state index in [0.29, 0.717) is 24.6 Å². The Hall–Kier alpha value is -0.542. The summed E-state index contributed by atoms with van der Waals surface area (Å²) >= 11 is 0. The minimum absolute atomic E-state index is 0. The number of nitrogens with one attached hydrogen (secondary N) is 1. The van der Waals surface area contributed by atoms with Crippen LogP contribution in [0.2, 0.25) is 26.2 Å². The van der Waals surface area contributed by atoms with E-state index in [9.17, 15) is 10.2 Å². The Bertz CT molecular complexity index is 1140. The van der Waals surface area contributed by atoms with E-state index in [0.717, 1.165) is 35.3 Å². The molecule has 0 heterocycles. The molecule has 0 saturated carbocycles. The third kappa shape index (κ3) is 14.9. The standard InChI is InChI=1S/C34H56N2O2.C4H13NSi2.Y/c1-31(2,3)25-17-23(29(37)27(19-25)33(7,8)9)21-35(13)15-16-36(14)22-24-18-26(32(4,5)6)20-28(30(24)38)34(10,11)12;1-6(2)5-7(3)4;/h17-20,37-38H,15-16,21-22H2,1-14H3;5H,1-4H3;. The van der Waals surface area contributed by atoms with Crippen molar-refractivity contribution in [2.24, 2.45) is 0 Å². The van der Waals surface area contributed by atoms with E-state index < -0.39 is 0 Å². The Morgan fingerprint density at radius 3 is 1.02 bits per heavy atom. The fourth-order valence-electron chi connectivity index (χ4n) is 5.22. The van der Waals surface area contributed by atoms with E-state index in [4.69, 9.17) is 0 Å². The maximum absolute atomic E-state index is 11.2. The number of nitrogens with zero attached hydrogens (tertiary/aromatic N) is 2. The predicted molar refractivity (Wildman–Crippen MR) is 202 cm³/mol. The zero-order valence-corrected chi connectivity index (χ0v) is 37.8. The maximum Gasteiger partial charge on any atom is 0.123 e. The van der Waals surface area contributed by atoms with Crippen LogP contribution in [0.5, 0.6) is 11.5 Å². The van der Waals surface area contributed by atoms with Crippen LogP contribution >= 0.6 is 0 Å². The Labute approximate surface area is 313 Å². The molecule has 46 heavy (non-hydrogen) atoms. The van der Waals surface area contributed by atoms with E-state index in [1.807, 2.05) is 0 Å². The Morgan fingerprint density at radius 1 is 0.543 bits per heavy atom. The van der Waals surface area contributed by atoms with Crippen molar-refractivity contribution in [3.8, 4) is 11.5 Å². The molecule has 8 heteroatoms. The van der Waals surface area contributed by atoms with Crippen molar-refractivity contribution in [3.05, 3.63) is 57.6 Å². The molecule has 2 rings (SSSR count). The second-order valence-corrected chi connectivity index (χ2v) is 22.7. The number of benzene rings is 2. The van der Waals surface area contributed by atoms with Gasteiger partial charge in [-0.15, -0.1) is 0 Å². The van der Waals surface area contributed by atoms with Crippen molar-refractivity contribution >= 4 is 17.9 Å². The van der Waals surface area contributed by atoms with Crippen LogP contribution in [-0.2, 0) is 67.5 Å². The molecule has 0 spiro atoms. The molecule has 0 amide bonds. The minimum atomic E-state index is -0.139. The number of aromatic hydroxyl groups is 2. The van der Waals surface area contributed by atoms with Crippen LogP contribution in [0.15, 0.2) is 24.3 Å². The summed E-state index contributed by atoms with van der Waals surface area (Å²) in [4.78, 5) is 4.55. The van der Waals surface area contributed by atoms with Crippen LogP contribution in [0.3, 0.4) is 0 Å². The number of hydrogen-bond acceptors (Lipinski definition) is 5. The summed E-state index contributed by atoms with van der Waals surface area (Å²) in [6.45, 7) is 38.5. The van der Waals surface area contributed by atoms with E-state index in [-0.39, 0.29) is 72.3 Å². The summed E-state index contributed by atoms with van der Waals surface area (Å²) in [6, 6.07) is 8.71. The van der Waals surface area contributed by atoms with Gasteiger partial charge < -0.3 is 24.7 Å². The molecule has 2 aromatic rings. The summed E-state index contributed by atoms with van der Waals surface area (Å²) < 4.78 is 3.51. The fourth-order valence-corrected chi connectivity index (χ4v) is 9.22. The van der Waals surface area contributed by atoms with Gasteiger partial charge in [0, 0.05) is 70.0 Å². The molecule has 0 atom stereocenters. The zero-order valence-electron chi connectivity index (χ0n) is 33.0. The first-order valence-corrected chi connectivity index (χ1v) is 21.6.